The molecule has 1 aliphatic rings. The molecule has 1 rings (SSSR count). The Bertz CT molecular complexity index is 503. The number of hydrogen-bond acceptors (Lipinski definition) is 2. The van der Waals surface area contributed by atoms with Crippen LogP contribution in [-0.4, -0.2) is 21.2 Å². The molecule has 20 heavy (non-hydrogen) atoms. The van der Waals surface area contributed by atoms with Gasteiger partial charge in [-0.3, -0.25) is 0 Å². The van der Waals surface area contributed by atoms with Gasteiger partial charge in [0.2, 0.25) is 10.0 Å². The minimum Gasteiger partial charge on any atom is -0.215 e. The molecule has 0 aromatic carbocycles. The van der Waals surface area contributed by atoms with E-state index in [1.165, 1.54) is 6.26 Å². The van der Waals surface area contributed by atoms with Gasteiger partial charge in [-0.1, -0.05) is 33.6 Å². The lowest BCUT2D eigenvalue weighted by Crippen LogP contribution is -2.49. The Morgan fingerprint density at radius 3 is 2.30 bits per heavy atom. The van der Waals surface area contributed by atoms with Crippen LogP contribution >= 0.6 is 0 Å². The molecule has 1 N–H and O–H groups in total. The third-order valence-corrected chi connectivity index (χ3v) is 6.45. The number of terminal acetylenes is 1. The van der Waals surface area contributed by atoms with Gasteiger partial charge >= 0.3 is 0 Å². The molecule has 0 aromatic rings. The zero-order chi connectivity index (χ0) is 15.8. The summed E-state index contributed by atoms with van der Waals surface area (Å²) in [5.41, 5.74) is -0.0272. The molecule has 0 aliphatic heterocycles. The Kier molecular flexibility index (Phi) is 4.68. The molecule has 3 atom stereocenters. The largest absolute Gasteiger partial charge is 0.215 e. The quantitative estimate of drug-likeness (QED) is 0.811. The molecule has 0 bridgehead atoms. The van der Waals surface area contributed by atoms with Crippen molar-refractivity contribution in [2.75, 3.05) is 12.8 Å². The molecule has 0 unspecified atom stereocenters. The Hall–Kier alpha value is -0.530. The summed E-state index contributed by atoms with van der Waals surface area (Å²) in [6, 6.07) is 0. The predicted molar refractivity (Wildman–Crippen MR) is 84.7 cm³/mol. The van der Waals surface area contributed by atoms with E-state index in [4.69, 9.17) is 6.42 Å². The van der Waals surface area contributed by atoms with E-state index in [2.05, 4.69) is 45.3 Å². The minimum atomic E-state index is -3.15. The second-order valence-corrected chi connectivity index (χ2v) is 9.54. The smallest absolute Gasteiger partial charge is 0.208 e. The highest BCUT2D eigenvalue weighted by molar-refractivity contribution is 7.88. The van der Waals surface area contributed by atoms with Crippen molar-refractivity contribution in [3.05, 3.63) is 0 Å². The van der Waals surface area contributed by atoms with Crippen LogP contribution in [0.5, 0.6) is 0 Å². The van der Waals surface area contributed by atoms with Crippen LogP contribution < -0.4 is 4.72 Å². The van der Waals surface area contributed by atoms with Crippen molar-refractivity contribution in [3.8, 4) is 12.3 Å². The summed E-state index contributed by atoms with van der Waals surface area (Å²) in [5.74, 6) is 3.41. The van der Waals surface area contributed by atoms with Crippen LogP contribution in [0.3, 0.4) is 0 Å². The second-order valence-electron chi connectivity index (χ2n) is 7.70. The van der Waals surface area contributed by atoms with Gasteiger partial charge in [-0.15, -0.1) is 6.42 Å². The highest BCUT2D eigenvalue weighted by atomic mass is 32.2. The van der Waals surface area contributed by atoms with E-state index >= 15 is 0 Å². The van der Waals surface area contributed by atoms with Crippen molar-refractivity contribution in [1.82, 2.24) is 4.72 Å². The molecule has 4 heteroatoms. The Morgan fingerprint density at radius 2 is 1.90 bits per heavy atom. The summed E-state index contributed by atoms with van der Waals surface area (Å²) in [4.78, 5) is 0. The fraction of sp³-hybridized carbons (Fsp3) is 0.875. The van der Waals surface area contributed by atoms with Crippen LogP contribution in [-0.2, 0) is 10.0 Å². The Morgan fingerprint density at radius 1 is 1.35 bits per heavy atom. The van der Waals surface area contributed by atoms with Crippen molar-refractivity contribution in [2.24, 2.45) is 22.2 Å². The summed E-state index contributed by atoms with van der Waals surface area (Å²) in [6.07, 6.45) is 9.99. The van der Waals surface area contributed by atoms with Gasteiger partial charge < -0.3 is 0 Å². The van der Waals surface area contributed by atoms with E-state index in [0.717, 1.165) is 19.3 Å². The molecule has 0 spiro atoms. The standard InChI is InChI=1S/C16H29NO2S/c1-8-15(5)9-10-16(6,11-13(15)2)14(3,4)12-17-20(7,18)19/h1,13,17H,9-12H2,2-7H3/t13-,15+,16+/m1/s1. The minimum absolute atomic E-state index is 0.0279. The highest BCUT2D eigenvalue weighted by Crippen LogP contribution is 2.55. The molecule has 0 heterocycles. The highest BCUT2D eigenvalue weighted by Gasteiger charge is 2.48. The van der Waals surface area contributed by atoms with Gasteiger partial charge in [0.25, 0.3) is 0 Å². The van der Waals surface area contributed by atoms with Gasteiger partial charge in [0.1, 0.15) is 0 Å². The van der Waals surface area contributed by atoms with Crippen LogP contribution in [0.1, 0.15) is 53.9 Å². The SMILES string of the molecule is C#C[C@@]1(C)CC[C@](C)(C(C)(C)CNS(C)(=O)=O)C[C@H]1C. The normalized spacial score (nSPS) is 35.5. The van der Waals surface area contributed by atoms with Crippen LogP contribution in [0, 0.1) is 34.5 Å². The number of nitrogens with one attached hydrogen (secondary N) is 1. The Balaban J connectivity index is 2.88. The molecular formula is C16H29NO2S. The lowest BCUT2D eigenvalue weighted by molar-refractivity contribution is -0.0119. The average molecular weight is 299 g/mol. The fourth-order valence-electron chi connectivity index (χ4n) is 3.14. The number of sulfonamides is 1. The lowest BCUT2D eigenvalue weighted by atomic mass is 9.52. The molecule has 1 saturated carbocycles. The van der Waals surface area contributed by atoms with Gasteiger partial charge in [-0.25, -0.2) is 13.1 Å². The third kappa shape index (κ3) is 3.56. The van der Waals surface area contributed by atoms with Crippen molar-refractivity contribution in [3.63, 3.8) is 0 Å². The summed E-state index contributed by atoms with van der Waals surface area (Å²) < 4.78 is 25.3. The van der Waals surface area contributed by atoms with Gasteiger partial charge in [-0.05, 0) is 42.9 Å². The molecule has 1 fully saturated rings. The fourth-order valence-corrected chi connectivity index (χ4v) is 3.76. The lowest BCUT2D eigenvalue weighted by Gasteiger charge is -2.53. The second kappa shape index (κ2) is 5.35. The van der Waals surface area contributed by atoms with Gasteiger partial charge in [0.05, 0.1) is 6.26 Å². The first-order valence-electron chi connectivity index (χ1n) is 7.28. The van der Waals surface area contributed by atoms with Gasteiger partial charge in [-0.2, -0.15) is 0 Å². The first-order chi connectivity index (χ1) is 8.85. The van der Waals surface area contributed by atoms with E-state index in [0.29, 0.717) is 12.5 Å². The van der Waals surface area contributed by atoms with Crippen LogP contribution in [0.25, 0.3) is 0 Å². The van der Waals surface area contributed by atoms with E-state index in [9.17, 15) is 8.42 Å². The summed E-state index contributed by atoms with van der Waals surface area (Å²) in [5, 5.41) is 0. The first-order valence-corrected chi connectivity index (χ1v) is 9.17. The molecule has 1 aliphatic carbocycles. The van der Waals surface area contributed by atoms with Crippen molar-refractivity contribution in [2.45, 2.75) is 53.9 Å². The van der Waals surface area contributed by atoms with Crippen molar-refractivity contribution < 1.29 is 8.42 Å². The summed E-state index contributed by atoms with van der Waals surface area (Å²) >= 11 is 0. The topological polar surface area (TPSA) is 46.2 Å². The average Bonchev–Trinajstić information content (AvgIpc) is 2.31. The van der Waals surface area contributed by atoms with Crippen LogP contribution in [0.15, 0.2) is 0 Å². The first kappa shape index (κ1) is 17.5. The zero-order valence-corrected chi connectivity index (χ0v) is 14.5. The van der Waals surface area contributed by atoms with Gasteiger partial charge in [0, 0.05) is 12.0 Å². The zero-order valence-electron chi connectivity index (χ0n) is 13.7. The van der Waals surface area contributed by atoms with Gasteiger partial charge in [0.15, 0.2) is 0 Å². The maximum absolute atomic E-state index is 11.3. The molecule has 0 amide bonds. The molecular weight excluding hydrogens is 270 g/mol. The van der Waals surface area contributed by atoms with Crippen molar-refractivity contribution >= 4 is 10.0 Å². The van der Waals surface area contributed by atoms with Crippen LogP contribution in [0.4, 0.5) is 0 Å². The predicted octanol–water partition coefficient (Wildman–Crippen LogP) is 3.03. The molecule has 116 valence electrons. The number of rotatable bonds is 4. The summed E-state index contributed by atoms with van der Waals surface area (Å²) in [6.45, 7) is 11.4. The van der Waals surface area contributed by atoms with Crippen LogP contribution in [0.2, 0.25) is 0 Å². The monoisotopic (exact) mass is 299 g/mol. The third-order valence-electron chi connectivity index (χ3n) is 5.78. The van der Waals surface area contributed by atoms with Crippen molar-refractivity contribution in [1.29, 1.82) is 0 Å². The van der Waals surface area contributed by atoms with E-state index in [1.807, 2.05) is 0 Å². The van der Waals surface area contributed by atoms with E-state index < -0.39 is 10.0 Å². The molecule has 3 nitrogen and oxygen atoms in total. The Labute approximate surface area is 125 Å². The maximum Gasteiger partial charge on any atom is 0.208 e. The maximum atomic E-state index is 11.3. The van der Waals surface area contributed by atoms with E-state index in [-0.39, 0.29) is 16.2 Å². The summed E-state index contributed by atoms with van der Waals surface area (Å²) in [7, 11) is -3.15. The molecule has 0 saturated heterocycles. The number of hydrogen-bond donors (Lipinski definition) is 1. The molecule has 0 aromatic heterocycles. The van der Waals surface area contributed by atoms with E-state index in [1.54, 1.807) is 0 Å². The molecule has 0 radical (unpaired) electrons.